The number of thiophene rings is 1. The van der Waals surface area contributed by atoms with Crippen LogP contribution in [0.25, 0.3) is 10.1 Å². The van der Waals surface area contributed by atoms with Gasteiger partial charge in [0.1, 0.15) is 0 Å². The summed E-state index contributed by atoms with van der Waals surface area (Å²) in [5.41, 5.74) is 2.28. The van der Waals surface area contributed by atoms with Crippen LogP contribution in [0.2, 0.25) is 0 Å². The highest BCUT2D eigenvalue weighted by atomic mass is 32.1. The summed E-state index contributed by atoms with van der Waals surface area (Å²) < 4.78 is 1.22. The topological polar surface area (TPSA) is 20.2 Å². The van der Waals surface area contributed by atoms with Crippen LogP contribution in [0.15, 0.2) is 60.0 Å². The molecule has 1 unspecified atom stereocenters. The molecule has 2 heteroatoms. The second-order valence-electron chi connectivity index (χ2n) is 5.61. The quantitative estimate of drug-likeness (QED) is 0.739. The van der Waals surface area contributed by atoms with Gasteiger partial charge in [0.2, 0.25) is 0 Å². The fourth-order valence-electron chi connectivity index (χ4n) is 3.15. The Balaban J connectivity index is 1.81. The molecule has 0 spiro atoms. The number of hydrogen-bond acceptors (Lipinski definition) is 2. The second-order valence-corrected chi connectivity index (χ2v) is 6.53. The Labute approximate surface area is 122 Å². The van der Waals surface area contributed by atoms with Gasteiger partial charge in [0, 0.05) is 10.1 Å². The van der Waals surface area contributed by atoms with E-state index in [1.807, 2.05) is 6.07 Å². The largest absolute Gasteiger partial charge is 0.387 e. The van der Waals surface area contributed by atoms with Crippen molar-refractivity contribution in [2.45, 2.75) is 24.4 Å². The summed E-state index contributed by atoms with van der Waals surface area (Å²) >= 11 is 1.72. The van der Waals surface area contributed by atoms with E-state index in [1.165, 1.54) is 15.6 Å². The molecule has 0 radical (unpaired) electrons. The molecular formula is C18H16OS. The lowest BCUT2D eigenvalue weighted by Gasteiger charge is -2.23. The minimum Gasteiger partial charge on any atom is -0.387 e. The van der Waals surface area contributed by atoms with Crippen LogP contribution in [0.5, 0.6) is 0 Å². The van der Waals surface area contributed by atoms with E-state index < -0.39 is 6.10 Å². The van der Waals surface area contributed by atoms with Crippen LogP contribution in [-0.4, -0.2) is 5.11 Å². The summed E-state index contributed by atoms with van der Waals surface area (Å²) in [6.07, 6.45) is 1.73. The Morgan fingerprint density at radius 3 is 2.50 bits per heavy atom. The Morgan fingerprint density at radius 2 is 1.75 bits per heavy atom. The molecule has 1 saturated carbocycles. The molecule has 20 heavy (non-hydrogen) atoms. The van der Waals surface area contributed by atoms with Gasteiger partial charge >= 0.3 is 0 Å². The SMILES string of the molecule is OC(c1cccc2ccsc12)C1(c2ccccc2)CC1. The van der Waals surface area contributed by atoms with Crippen molar-refractivity contribution < 1.29 is 5.11 Å². The lowest BCUT2D eigenvalue weighted by Crippen LogP contribution is -2.18. The molecular weight excluding hydrogens is 264 g/mol. The van der Waals surface area contributed by atoms with Gasteiger partial charge in [0.15, 0.2) is 0 Å². The van der Waals surface area contributed by atoms with Crippen LogP contribution in [0.1, 0.15) is 30.1 Å². The maximum Gasteiger partial charge on any atom is 0.0900 e. The standard InChI is InChI=1S/C18H16OS/c19-17(15-8-4-5-13-9-12-20-16(13)15)18(10-11-18)14-6-2-1-3-7-14/h1-9,12,17,19H,10-11H2. The molecule has 4 rings (SSSR count). The maximum atomic E-state index is 11.0. The highest BCUT2D eigenvalue weighted by Crippen LogP contribution is 2.57. The van der Waals surface area contributed by atoms with Crippen LogP contribution < -0.4 is 0 Å². The molecule has 0 saturated heterocycles. The summed E-state index contributed by atoms with van der Waals surface area (Å²) in [6.45, 7) is 0. The first-order valence-electron chi connectivity index (χ1n) is 7.01. The van der Waals surface area contributed by atoms with Crippen LogP contribution in [0, 0.1) is 0 Å². The lowest BCUT2D eigenvalue weighted by atomic mass is 9.86. The van der Waals surface area contributed by atoms with Crippen molar-refractivity contribution in [2.75, 3.05) is 0 Å². The third-order valence-corrected chi connectivity index (χ3v) is 5.44. The van der Waals surface area contributed by atoms with Crippen molar-refractivity contribution in [3.63, 3.8) is 0 Å². The van der Waals surface area contributed by atoms with Gasteiger partial charge in [-0.05, 0) is 40.8 Å². The predicted molar refractivity (Wildman–Crippen MR) is 84.1 cm³/mol. The fourth-order valence-corrected chi connectivity index (χ4v) is 4.09. The van der Waals surface area contributed by atoms with Gasteiger partial charge in [-0.25, -0.2) is 0 Å². The highest BCUT2D eigenvalue weighted by molar-refractivity contribution is 7.17. The molecule has 1 heterocycles. The van der Waals surface area contributed by atoms with Crippen molar-refractivity contribution in [1.29, 1.82) is 0 Å². The molecule has 1 aromatic heterocycles. The third kappa shape index (κ3) is 1.72. The number of rotatable bonds is 3. The van der Waals surface area contributed by atoms with E-state index >= 15 is 0 Å². The van der Waals surface area contributed by atoms with E-state index in [0.717, 1.165) is 18.4 Å². The first kappa shape index (κ1) is 12.1. The van der Waals surface area contributed by atoms with Gasteiger partial charge in [-0.15, -0.1) is 11.3 Å². The van der Waals surface area contributed by atoms with Crippen LogP contribution >= 0.6 is 11.3 Å². The Bertz CT molecular complexity index is 740. The molecule has 0 amide bonds. The van der Waals surface area contributed by atoms with E-state index in [2.05, 4.69) is 53.9 Å². The van der Waals surface area contributed by atoms with Crippen molar-refractivity contribution in [3.05, 3.63) is 71.1 Å². The minimum atomic E-state index is -0.410. The van der Waals surface area contributed by atoms with E-state index in [0.29, 0.717) is 0 Å². The molecule has 100 valence electrons. The van der Waals surface area contributed by atoms with Crippen LogP contribution in [-0.2, 0) is 5.41 Å². The third-order valence-electron chi connectivity index (χ3n) is 4.46. The summed E-state index contributed by atoms with van der Waals surface area (Å²) in [5, 5.41) is 14.3. The monoisotopic (exact) mass is 280 g/mol. The van der Waals surface area contributed by atoms with E-state index in [9.17, 15) is 5.11 Å². The van der Waals surface area contributed by atoms with Crippen molar-refractivity contribution in [3.8, 4) is 0 Å². The molecule has 1 atom stereocenters. The zero-order chi connectivity index (χ0) is 13.6. The summed E-state index contributed by atoms with van der Waals surface area (Å²) in [7, 11) is 0. The first-order chi connectivity index (χ1) is 9.81. The number of fused-ring (bicyclic) bond motifs is 1. The summed E-state index contributed by atoms with van der Waals surface area (Å²) in [5.74, 6) is 0. The number of benzene rings is 2. The highest BCUT2D eigenvalue weighted by Gasteiger charge is 2.51. The molecule has 0 bridgehead atoms. The average Bonchev–Trinajstić information content (AvgIpc) is 3.18. The maximum absolute atomic E-state index is 11.0. The Hall–Kier alpha value is -1.64. The van der Waals surface area contributed by atoms with E-state index in [4.69, 9.17) is 0 Å². The average molecular weight is 280 g/mol. The van der Waals surface area contributed by atoms with Crippen molar-refractivity contribution in [2.24, 2.45) is 0 Å². The second kappa shape index (κ2) is 4.44. The van der Waals surface area contributed by atoms with Gasteiger partial charge < -0.3 is 5.11 Å². The Morgan fingerprint density at radius 1 is 0.950 bits per heavy atom. The molecule has 3 aromatic rings. The predicted octanol–water partition coefficient (Wildman–Crippen LogP) is 4.67. The van der Waals surface area contributed by atoms with Crippen LogP contribution in [0.3, 0.4) is 0 Å². The summed E-state index contributed by atoms with van der Waals surface area (Å²) in [4.78, 5) is 0. The zero-order valence-corrected chi connectivity index (χ0v) is 11.9. The normalized spacial score (nSPS) is 18.1. The molecule has 0 aliphatic heterocycles. The van der Waals surface area contributed by atoms with Gasteiger partial charge in [0.05, 0.1) is 6.10 Å². The molecule has 1 aliphatic rings. The minimum absolute atomic E-state index is 0.0699. The molecule has 2 aromatic carbocycles. The zero-order valence-electron chi connectivity index (χ0n) is 11.1. The van der Waals surface area contributed by atoms with Crippen LogP contribution in [0.4, 0.5) is 0 Å². The van der Waals surface area contributed by atoms with E-state index in [1.54, 1.807) is 11.3 Å². The fraction of sp³-hybridized carbons (Fsp3) is 0.222. The van der Waals surface area contributed by atoms with Gasteiger partial charge in [-0.1, -0.05) is 48.5 Å². The smallest absolute Gasteiger partial charge is 0.0900 e. The van der Waals surface area contributed by atoms with Gasteiger partial charge in [-0.2, -0.15) is 0 Å². The van der Waals surface area contributed by atoms with Crippen molar-refractivity contribution in [1.82, 2.24) is 0 Å². The molecule has 1 N–H and O–H groups in total. The van der Waals surface area contributed by atoms with Crippen molar-refractivity contribution >= 4 is 21.4 Å². The number of hydrogen-bond donors (Lipinski definition) is 1. The lowest BCUT2D eigenvalue weighted by molar-refractivity contribution is 0.134. The summed E-state index contributed by atoms with van der Waals surface area (Å²) in [6, 6.07) is 18.8. The number of aliphatic hydroxyl groups excluding tert-OH is 1. The molecule has 1 fully saturated rings. The number of aliphatic hydroxyl groups is 1. The van der Waals surface area contributed by atoms with Gasteiger partial charge in [0.25, 0.3) is 0 Å². The molecule has 1 aliphatic carbocycles. The first-order valence-corrected chi connectivity index (χ1v) is 7.89. The van der Waals surface area contributed by atoms with E-state index in [-0.39, 0.29) is 5.41 Å². The van der Waals surface area contributed by atoms with Gasteiger partial charge in [-0.3, -0.25) is 0 Å². The molecule has 1 nitrogen and oxygen atoms in total. The Kier molecular flexibility index (Phi) is 2.69.